The SMILES string of the molecule is CCCCCCCCCCCCCCCCCCCCCCCCCC(=O)OC(COC(=O)CCCCCCCCCCCCCCCCCCCCCCC)COP(=O)(O)OC1C(O)C(O)C(O)C(O)C1O. The highest BCUT2D eigenvalue weighted by Gasteiger charge is 2.51. The van der Waals surface area contributed by atoms with Crippen LogP contribution in [0.1, 0.15) is 309 Å². The van der Waals surface area contributed by atoms with Gasteiger partial charge in [0.2, 0.25) is 0 Å². The van der Waals surface area contributed by atoms with Crippen molar-refractivity contribution >= 4 is 19.8 Å². The fourth-order valence-electron chi connectivity index (χ4n) is 10.1. The molecule has 0 aliphatic heterocycles. The lowest BCUT2D eigenvalue weighted by Gasteiger charge is -2.41. The fourth-order valence-corrected chi connectivity index (χ4v) is 11.0. The molecule has 1 fully saturated rings. The first kappa shape index (κ1) is 69.9. The minimum atomic E-state index is -5.12. The third-order valence-electron chi connectivity index (χ3n) is 14.9. The van der Waals surface area contributed by atoms with Gasteiger partial charge in [-0.1, -0.05) is 284 Å². The highest BCUT2D eigenvalue weighted by atomic mass is 31.2. The van der Waals surface area contributed by atoms with E-state index < -0.39 is 75.7 Å². The number of aliphatic hydroxyl groups is 5. The largest absolute Gasteiger partial charge is 0.472 e. The molecule has 434 valence electrons. The van der Waals surface area contributed by atoms with Gasteiger partial charge >= 0.3 is 19.8 Å². The van der Waals surface area contributed by atoms with Crippen molar-refractivity contribution in [2.75, 3.05) is 13.2 Å². The molecule has 6 atom stereocenters. The molecule has 0 aromatic carbocycles. The summed E-state index contributed by atoms with van der Waals surface area (Å²) in [5.74, 6) is -1.07. The molecule has 1 saturated carbocycles. The van der Waals surface area contributed by atoms with Crippen molar-refractivity contribution in [1.82, 2.24) is 0 Å². The summed E-state index contributed by atoms with van der Waals surface area (Å²) in [7, 11) is -5.12. The Balaban J connectivity index is 2.28. The highest BCUT2D eigenvalue weighted by Crippen LogP contribution is 2.47. The quantitative estimate of drug-likeness (QED) is 0.0191. The molecular weight excluding hydrogens is 948 g/mol. The van der Waals surface area contributed by atoms with E-state index in [1.807, 2.05) is 0 Å². The molecule has 0 spiro atoms. The van der Waals surface area contributed by atoms with Crippen LogP contribution < -0.4 is 0 Å². The third kappa shape index (κ3) is 40.7. The van der Waals surface area contributed by atoms with Gasteiger partial charge in [-0.25, -0.2) is 4.57 Å². The number of hydrogen-bond acceptors (Lipinski definition) is 12. The van der Waals surface area contributed by atoms with Gasteiger partial charge < -0.3 is 39.9 Å². The molecule has 0 aromatic rings. The van der Waals surface area contributed by atoms with Crippen molar-refractivity contribution in [2.24, 2.45) is 0 Å². The van der Waals surface area contributed by atoms with Crippen LogP contribution in [0.2, 0.25) is 0 Å². The lowest BCUT2D eigenvalue weighted by molar-refractivity contribution is -0.220. The van der Waals surface area contributed by atoms with Crippen molar-refractivity contribution < 1.29 is 63.1 Å². The molecule has 1 rings (SSSR count). The topological polar surface area (TPSA) is 210 Å². The number of carbonyl (C=O) groups excluding carboxylic acids is 2. The Labute approximate surface area is 446 Å². The molecule has 0 aromatic heterocycles. The summed E-state index contributed by atoms with van der Waals surface area (Å²) in [6.45, 7) is 3.39. The Morgan fingerprint density at radius 2 is 0.616 bits per heavy atom. The Hall–Kier alpha value is -1.15. The lowest BCUT2D eigenvalue weighted by atomic mass is 9.85. The standard InChI is InChI=1S/C59H115O13P/c1-3-5-7-9-11-13-15-17-19-21-23-25-26-28-30-32-34-36-38-40-42-44-46-48-53(61)71-51(50-70-73(67,68)72-59-57(65)55(63)54(62)56(64)58(59)66)49-69-52(60)47-45-43-41-39-37-35-33-31-29-27-24-22-20-18-16-14-12-10-8-6-4-2/h51,54-59,62-66H,3-50H2,1-2H3,(H,67,68). The second kappa shape index (κ2) is 49.2. The molecule has 0 saturated heterocycles. The Morgan fingerprint density at radius 3 is 0.904 bits per heavy atom. The van der Waals surface area contributed by atoms with E-state index in [0.717, 1.165) is 38.5 Å². The van der Waals surface area contributed by atoms with E-state index in [9.17, 15) is 44.6 Å². The smallest absolute Gasteiger partial charge is 0.462 e. The van der Waals surface area contributed by atoms with Crippen LogP contribution in [0.4, 0.5) is 0 Å². The molecule has 13 nitrogen and oxygen atoms in total. The van der Waals surface area contributed by atoms with Gasteiger partial charge in [0.1, 0.15) is 43.2 Å². The average molecular weight is 1060 g/mol. The van der Waals surface area contributed by atoms with Gasteiger partial charge in [0.25, 0.3) is 0 Å². The molecule has 0 radical (unpaired) electrons. The number of rotatable bonds is 54. The molecule has 6 N–H and O–H groups in total. The number of ether oxygens (including phenoxy) is 2. The van der Waals surface area contributed by atoms with Gasteiger partial charge in [0, 0.05) is 12.8 Å². The first-order valence-corrected chi connectivity index (χ1v) is 32.3. The van der Waals surface area contributed by atoms with Gasteiger partial charge in [-0.3, -0.25) is 18.6 Å². The van der Waals surface area contributed by atoms with E-state index >= 15 is 0 Å². The summed E-state index contributed by atoms with van der Waals surface area (Å²) >= 11 is 0. The van der Waals surface area contributed by atoms with E-state index in [2.05, 4.69) is 13.8 Å². The zero-order valence-electron chi connectivity index (χ0n) is 47.0. The van der Waals surface area contributed by atoms with Crippen LogP contribution in [0, 0.1) is 0 Å². The van der Waals surface area contributed by atoms with Crippen molar-refractivity contribution in [3.63, 3.8) is 0 Å². The maximum atomic E-state index is 12.9. The molecule has 0 heterocycles. The molecule has 1 aliphatic rings. The van der Waals surface area contributed by atoms with Crippen LogP contribution in [0.15, 0.2) is 0 Å². The van der Waals surface area contributed by atoms with Crippen LogP contribution in [0.5, 0.6) is 0 Å². The summed E-state index contributed by atoms with van der Waals surface area (Å²) in [6.07, 6.45) is 43.0. The zero-order chi connectivity index (χ0) is 53.5. The number of phosphoric acid groups is 1. The monoisotopic (exact) mass is 1060 g/mol. The van der Waals surface area contributed by atoms with Crippen molar-refractivity contribution in [3.05, 3.63) is 0 Å². The van der Waals surface area contributed by atoms with Crippen molar-refractivity contribution in [1.29, 1.82) is 0 Å². The first-order chi connectivity index (χ1) is 35.4. The van der Waals surface area contributed by atoms with E-state index in [1.165, 1.54) is 231 Å². The Morgan fingerprint density at radius 1 is 0.370 bits per heavy atom. The highest BCUT2D eigenvalue weighted by molar-refractivity contribution is 7.47. The molecular formula is C59H115O13P. The molecule has 6 unspecified atom stereocenters. The van der Waals surface area contributed by atoms with Gasteiger partial charge in [-0.2, -0.15) is 0 Å². The van der Waals surface area contributed by atoms with E-state index in [1.54, 1.807) is 0 Å². The minimum Gasteiger partial charge on any atom is -0.462 e. The maximum absolute atomic E-state index is 12.9. The third-order valence-corrected chi connectivity index (χ3v) is 15.9. The van der Waals surface area contributed by atoms with Crippen molar-refractivity contribution in [2.45, 2.75) is 352 Å². The molecule has 14 heteroatoms. The van der Waals surface area contributed by atoms with Gasteiger partial charge in [-0.05, 0) is 12.8 Å². The van der Waals surface area contributed by atoms with E-state index in [-0.39, 0.29) is 12.8 Å². The minimum absolute atomic E-state index is 0.106. The number of hydrogen-bond donors (Lipinski definition) is 6. The number of esters is 2. The number of unbranched alkanes of at least 4 members (excludes halogenated alkanes) is 42. The van der Waals surface area contributed by atoms with Crippen LogP contribution in [0.25, 0.3) is 0 Å². The predicted molar refractivity (Wildman–Crippen MR) is 295 cm³/mol. The Bertz CT molecular complexity index is 1270. The molecule has 0 amide bonds. The second-order valence-corrected chi connectivity index (χ2v) is 23.3. The Kier molecular flexibility index (Phi) is 47.1. The summed E-state index contributed by atoms with van der Waals surface area (Å²) in [5.41, 5.74) is 0. The maximum Gasteiger partial charge on any atom is 0.472 e. The molecule has 73 heavy (non-hydrogen) atoms. The van der Waals surface area contributed by atoms with Crippen LogP contribution in [-0.2, 0) is 32.7 Å². The summed E-state index contributed by atoms with van der Waals surface area (Å²) < 4.78 is 33.8. The van der Waals surface area contributed by atoms with Crippen LogP contribution >= 0.6 is 7.82 Å². The number of carbonyl (C=O) groups is 2. The van der Waals surface area contributed by atoms with Crippen LogP contribution in [-0.4, -0.2) is 98.3 Å². The zero-order valence-corrected chi connectivity index (χ0v) is 47.9. The average Bonchev–Trinajstić information content (AvgIpc) is 3.37. The lowest BCUT2D eigenvalue weighted by Crippen LogP contribution is -2.64. The van der Waals surface area contributed by atoms with E-state index in [0.29, 0.717) is 12.8 Å². The number of phosphoric ester groups is 1. The van der Waals surface area contributed by atoms with Gasteiger partial charge in [-0.15, -0.1) is 0 Å². The summed E-state index contributed by atoms with van der Waals surface area (Å²) in [6, 6.07) is 0. The van der Waals surface area contributed by atoms with Gasteiger partial charge in [0.05, 0.1) is 6.61 Å². The number of aliphatic hydroxyl groups excluding tert-OH is 5. The van der Waals surface area contributed by atoms with E-state index in [4.69, 9.17) is 18.5 Å². The van der Waals surface area contributed by atoms with Crippen LogP contribution in [0.3, 0.4) is 0 Å². The summed E-state index contributed by atoms with van der Waals surface area (Å²) in [5, 5.41) is 50.4. The second-order valence-electron chi connectivity index (χ2n) is 21.9. The fraction of sp³-hybridized carbons (Fsp3) is 0.966. The molecule has 0 bridgehead atoms. The van der Waals surface area contributed by atoms with Crippen molar-refractivity contribution in [3.8, 4) is 0 Å². The predicted octanol–water partition coefficient (Wildman–Crippen LogP) is 14.7. The molecule has 1 aliphatic carbocycles. The van der Waals surface area contributed by atoms with Gasteiger partial charge in [0.15, 0.2) is 6.10 Å². The first-order valence-electron chi connectivity index (χ1n) is 30.8. The normalized spacial score (nSPS) is 20.3. The summed E-state index contributed by atoms with van der Waals surface area (Å²) in [4.78, 5) is 36.0.